The highest BCUT2D eigenvalue weighted by Gasteiger charge is 2.23. The number of phenols is 1. The van der Waals surface area contributed by atoms with Crippen LogP contribution in [0.5, 0.6) is 5.75 Å². The van der Waals surface area contributed by atoms with Crippen LogP contribution in [0.4, 0.5) is 0 Å². The van der Waals surface area contributed by atoms with Gasteiger partial charge in [-0.3, -0.25) is 9.46 Å². The molecule has 8 heteroatoms. The molecule has 0 saturated heterocycles. The number of hydrogen-bond acceptors (Lipinski definition) is 5. The van der Waals surface area contributed by atoms with Crippen LogP contribution in [0.2, 0.25) is 0 Å². The van der Waals surface area contributed by atoms with E-state index in [-0.39, 0.29) is 31.4 Å². The number of aryl methyl sites for hydroxylation is 1. The van der Waals surface area contributed by atoms with Crippen LogP contribution in [0, 0.1) is 5.92 Å². The molecule has 0 bridgehead atoms. The van der Waals surface area contributed by atoms with E-state index in [2.05, 4.69) is 0 Å². The van der Waals surface area contributed by atoms with Crippen LogP contribution < -0.4 is 0 Å². The Morgan fingerprint density at radius 1 is 1.26 bits per heavy atom. The van der Waals surface area contributed by atoms with Crippen LogP contribution in [-0.2, 0) is 24.1 Å². The van der Waals surface area contributed by atoms with E-state index >= 15 is 0 Å². The Morgan fingerprint density at radius 3 is 2.39 bits per heavy atom. The van der Waals surface area contributed by atoms with E-state index in [1.54, 1.807) is 13.0 Å². The first-order valence-electron chi connectivity index (χ1n) is 7.52. The molecule has 0 radical (unpaired) electrons. The van der Waals surface area contributed by atoms with Crippen LogP contribution in [0.25, 0.3) is 0 Å². The third-order valence-corrected chi connectivity index (χ3v) is 4.36. The molecule has 132 valence electrons. The van der Waals surface area contributed by atoms with Crippen LogP contribution in [0.15, 0.2) is 12.1 Å². The molecule has 1 unspecified atom stereocenters. The van der Waals surface area contributed by atoms with Crippen LogP contribution in [-0.4, -0.2) is 49.4 Å². The Morgan fingerprint density at radius 2 is 1.91 bits per heavy atom. The highest BCUT2D eigenvalue weighted by Crippen LogP contribution is 2.37. The van der Waals surface area contributed by atoms with Gasteiger partial charge in [-0.2, -0.15) is 0 Å². The molecule has 0 aliphatic rings. The first-order valence-corrected chi connectivity index (χ1v) is 9.32. The van der Waals surface area contributed by atoms with Gasteiger partial charge in [0.1, 0.15) is 12.0 Å². The van der Waals surface area contributed by atoms with Crippen molar-refractivity contribution in [2.75, 3.05) is 19.4 Å². The van der Waals surface area contributed by atoms with Gasteiger partial charge in [0.2, 0.25) is 0 Å². The molecule has 1 rings (SSSR count). The maximum Gasteiger partial charge on any atom is 0.339 e. The number of nitrogens with zero attached hydrogens (tertiary/aromatic N) is 1. The summed E-state index contributed by atoms with van der Waals surface area (Å²) in [7, 11) is -4.26. The summed E-state index contributed by atoms with van der Waals surface area (Å²) in [5.74, 6) is -0.147. The molecule has 0 aromatic heterocycles. The Kier molecular flexibility index (Phi) is 7.67. The molecule has 0 amide bonds. The zero-order valence-corrected chi connectivity index (χ0v) is 14.4. The SMILES string of the molecule is CCc1cc(CO)cc(O)c1CN(CC(C)CO)CP(=O)(O)O. The molecular formula is C15H26NO6P. The average molecular weight is 347 g/mol. The fourth-order valence-corrected chi connectivity index (χ4v) is 3.26. The van der Waals surface area contributed by atoms with Gasteiger partial charge >= 0.3 is 7.60 Å². The lowest BCUT2D eigenvalue weighted by Gasteiger charge is -2.26. The van der Waals surface area contributed by atoms with E-state index in [9.17, 15) is 29.7 Å². The Balaban J connectivity index is 3.08. The lowest BCUT2D eigenvalue weighted by molar-refractivity contribution is 0.174. The van der Waals surface area contributed by atoms with Gasteiger partial charge in [0.25, 0.3) is 0 Å². The first-order chi connectivity index (χ1) is 10.7. The smallest absolute Gasteiger partial charge is 0.339 e. The van der Waals surface area contributed by atoms with Crippen molar-refractivity contribution in [1.82, 2.24) is 4.90 Å². The molecule has 7 nitrogen and oxygen atoms in total. The number of aliphatic hydroxyl groups is 2. The summed E-state index contributed by atoms with van der Waals surface area (Å²) in [5.41, 5.74) is 2.00. The number of benzene rings is 1. The lowest BCUT2D eigenvalue weighted by Crippen LogP contribution is -2.31. The second-order valence-corrected chi connectivity index (χ2v) is 7.48. The minimum atomic E-state index is -4.26. The molecule has 0 aliphatic carbocycles. The van der Waals surface area contributed by atoms with Crippen molar-refractivity contribution in [3.05, 3.63) is 28.8 Å². The van der Waals surface area contributed by atoms with Crippen molar-refractivity contribution >= 4 is 7.60 Å². The third kappa shape index (κ3) is 6.59. The van der Waals surface area contributed by atoms with Gasteiger partial charge in [-0.1, -0.05) is 19.9 Å². The summed E-state index contributed by atoms with van der Waals surface area (Å²) in [5, 5.41) is 28.6. The minimum Gasteiger partial charge on any atom is -0.508 e. The standard InChI is InChI=1S/C15H26NO6P/c1-3-13-4-12(9-18)5-15(19)14(13)7-16(6-11(2)8-17)10-23(20,21)22/h4-5,11,17-19H,3,6-10H2,1-2H3,(H2,20,21,22). The first kappa shape index (κ1) is 20.1. The molecule has 1 aromatic rings. The largest absolute Gasteiger partial charge is 0.508 e. The Labute approximate surface area is 136 Å². The number of rotatable bonds is 9. The Hall–Kier alpha value is -0.950. The normalized spacial score (nSPS) is 13.5. The molecule has 0 aliphatic heterocycles. The average Bonchev–Trinajstić information content (AvgIpc) is 2.46. The molecule has 1 aromatic carbocycles. The molecule has 5 N–H and O–H groups in total. The Bertz CT molecular complexity index is 559. The van der Waals surface area contributed by atoms with E-state index in [1.165, 1.54) is 11.0 Å². The van der Waals surface area contributed by atoms with Crippen molar-refractivity contribution in [2.45, 2.75) is 33.4 Å². The van der Waals surface area contributed by atoms with Gasteiger partial charge in [-0.25, -0.2) is 0 Å². The lowest BCUT2D eigenvalue weighted by atomic mass is 10.00. The van der Waals surface area contributed by atoms with E-state index in [1.807, 2.05) is 6.92 Å². The van der Waals surface area contributed by atoms with Crippen molar-refractivity contribution in [2.24, 2.45) is 5.92 Å². The molecule has 0 heterocycles. The fourth-order valence-electron chi connectivity index (χ4n) is 2.52. The predicted molar refractivity (Wildman–Crippen MR) is 87.0 cm³/mol. The van der Waals surface area contributed by atoms with Gasteiger partial charge in [0, 0.05) is 25.3 Å². The van der Waals surface area contributed by atoms with Crippen molar-refractivity contribution in [1.29, 1.82) is 0 Å². The van der Waals surface area contributed by atoms with Gasteiger partial charge in [-0.05, 0) is 29.5 Å². The van der Waals surface area contributed by atoms with E-state index in [0.29, 0.717) is 24.1 Å². The van der Waals surface area contributed by atoms with Crippen LogP contribution >= 0.6 is 7.60 Å². The number of phenolic OH excluding ortho intramolecular Hbond substituents is 1. The van der Waals surface area contributed by atoms with Gasteiger partial charge in [0.05, 0.1) is 6.61 Å². The minimum absolute atomic E-state index is 0.000707. The molecule has 0 saturated carbocycles. The molecule has 1 atom stereocenters. The van der Waals surface area contributed by atoms with E-state index < -0.39 is 13.9 Å². The summed E-state index contributed by atoms with van der Waals surface area (Å²) in [6, 6.07) is 3.24. The van der Waals surface area contributed by atoms with E-state index in [4.69, 9.17) is 0 Å². The highest BCUT2D eigenvalue weighted by molar-refractivity contribution is 7.51. The second kappa shape index (κ2) is 8.78. The van der Waals surface area contributed by atoms with E-state index in [0.717, 1.165) is 5.56 Å². The zero-order chi connectivity index (χ0) is 17.6. The maximum atomic E-state index is 11.3. The number of aromatic hydroxyl groups is 1. The maximum absolute atomic E-state index is 11.3. The van der Waals surface area contributed by atoms with Crippen LogP contribution in [0.1, 0.15) is 30.5 Å². The monoisotopic (exact) mass is 347 g/mol. The van der Waals surface area contributed by atoms with Gasteiger partial charge < -0.3 is 25.1 Å². The summed E-state index contributed by atoms with van der Waals surface area (Å²) >= 11 is 0. The fraction of sp³-hybridized carbons (Fsp3) is 0.600. The quantitative estimate of drug-likeness (QED) is 0.423. The van der Waals surface area contributed by atoms with Crippen LogP contribution in [0.3, 0.4) is 0 Å². The topological polar surface area (TPSA) is 121 Å². The van der Waals surface area contributed by atoms with Crippen molar-refractivity contribution < 1.29 is 29.7 Å². The predicted octanol–water partition coefficient (Wildman–Crippen LogP) is 1.01. The van der Waals surface area contributed by atoms with Gasteiger partial charge in [0.15, 0.2) is 0 Å². The highest BCUT2D eigenvalue weighted by atomic mass is 31.2. The number of hydrogen-bond donors (Lipinski definition) is 5. The summed E-state index contributed by atoms with van der Waals surface area (Å²) < 4.78 is 11.3. The summed E-state index contributed by atoms with van der Waals surface area (Å²) in [4.78, 5) is 20.0. The third-order valence-electron chi connectivity index (χ3n) is 3.59. The molecular weight excluding hydrogens is 321 g/mol. The molecule has 0 spiro atoms. The molecule has 0 fully saturated rings. The second-order valence-electron chi connectivity index (χ2n) is 5.87. The van der Waals surface area contributed by atoms with Gasteiger partial charge in [-0.15, -0.1) is 0 Å². The van der Waals surface area contributed by atoms with Crippen molar-refractivity contribution in [3.8, 4) is 5.75 Å². The zero-order valence-electron chi connectivity index (χ0n) is 13.5. The summed E-state index contributed by atoms with van der Waals surface area (Å²) in [6.07, 6.45) is 0.178. The number of aliphatic hydroxyl groups excluding tert-OH is 2. The summed E-state index contributed by atoms with van der Waals surface area (Å²) in [6.45, 7) is 3.87. The molecule has 23 heavy (non-hydrogen) atoms. The van der Waals surface area contributed by atoms with Crippen molar-refractivity contribution in [3.63, 3.8) is 0 Å².